The Morgan fingerprint density at radius 2 is 1.33 bits per heavy atom. The van der Waals surface area contributed by atoms with E-state index in [-0.39, 0.29) is 11.8 Å². The highest BCUT2D eigenvalue weighted by Crippen LogP contribution is 2.27. The second-order valence-electron chi connectivity index (χ2n) is 7.00. The SMILES string of the molecule is Cc1cccc(C(=O)Nc2cccc(NC(=O)c3cccc4c(Cl)cccc34)c2)c1. The molecule has 148 valence electrons. The molecule has 0 aliphatic rings. The molecule has 0 saturated carbocycles. The average molecular weight is 415 g/mol. The van der Waals surface area contributed by atoms with Gasteiger partial charge in [0.2, 0.25) is 0 Å². The fraction of sp³-hybridized carbons (Fsp3) is 0.0400. The molecule has 2 N–H and O–H groups in total. The summed E-state index contributed by atoms with van der Waals surface area (Å²) >= 11 is 6.25. The van der Waals surface area contributed by atoms with Crippen LogP contribution in [-0.4, -0.2) is 11.8 Å². The zero-order valence-electron chi connectivity index (χ0n) is 16.3. The topological polar surface area (TPSA) is 58.2 Å². The zero-order chi connectivity index (χ0) is 21.1. The van der Waals surface area contributed by atoms with Gasteiger partial charge in [-0.15, -0.1) is 0 Å². The molecule has 4 rings (SSSR count). The van der Waals surface area contributed by atoms with Gasteiger partial charge in [0.1, 0.15) is 0 Å². The van der Waals surface area contributed by atoms with Crippen molar-refractivity contribution in [3.63, 3.8) is 0 Å². The molecule has 0 unspecified atom stereocenters. The molecule has 0 saturated heterocycles. The lowest BCUT2D eigenvalue weighted by Crippen LogP contribution is -2.14. The molecule has 30 heavy (non-hydrogen) atoms. The first-order valence-electron chi connectivity index (χ1n) is 9.48. The number of carbonyl (C=O) groups is 2. The van der Waals surface area contributed by atoms with Crippen molar-refractivity contribution in [2.45, 2.75) is 6.92 Å². The fourth-order valence-electron chi connectivity index (χ4n) is 3.33. The molecule has 0 radical (unpaired) electrons. The first kappa shape index (κ1) is 19.7. The normalized spacial score (nSPS) is 10.6. The quantitative estimate of drug-likeness (QED) is 0.411. The van der Waals surface area contributed by atoms with Crippen molar-refractivity contribution >= 4 is 45.6 Å². The summed E-state index contributed by atoms with van der Waals surface area (Å²) in [5.41, 5.74) is 3.31. The number of carbonyl (C=O) groups excluding carboxylic acids is 2. The second-order valence-corrected chi connectivity index (χ2v) is 7.41. The largest absolute Gasteiger partial charge is 0.322 e. The molecule has 0 aliphatic heterocycles. The lowest BCUT2D eigenvalue weighted by Gasteiger charge is -2.11. The summed E-state index contributed by atoms with van der Waals surface area (Å²) in [6.45, 7) is 1.94. The van der Waals surface area contributed by atoms with Crippen molar-refractivity contribution in [3.8, 4) is 0 Å². The summed E-state index contributed by atoms with van der Waals surface area (Å²) in [5, 5.41) is 7.98. The van der Waals surface area contributed by atoms with Crippen LogP contribution in [0.3, 0.4) is 0 Å². The van der Waals surface area contributed by atoms with Crippen LogP contribution in [0.1, 0.15) is 26.3 Å². The predicted octanol–water partition coefficient (Wildman–Crippen LogP) is 6.31. The molecule has 0 aliphatic carbocycles. The van der Waals surface area contributed by atoms with Gasteiger partial charge in [0.25, 0.3) is 11.8 Å². The number of hydrogen-bond donors (Lipinski definition) is 2. The molecule has 2 amide bonds. The smallest absolute Gasteiger partial charge is 0.256 e. The Hall–Kier alpha value is -3.63. The Kier molecular flexibility index (Phi) is 5.50. The highest BCUT2D eigenvalue weighted by Gasteiger charge is 2.12. The van der Waals surface area contributed by atoms with Crippen molar-refractivity contribution in [1.29, 1.82) is 0 Å². The van der Waals surface area contributed by atoms with Crippen LogP contribution in [0.2, 0.25) is 5.02 Å². The van der Waals surface area contributed by atoms with Gasteiger partial charge < -0.3 is 10.6 Å². The van der Waals surface area contributed by atoms with Crippen molar-refractivity contribution in [2.75, 3.05) is 10.6 Å². The minimum absolute atomic E-state index is 0.203. The average Bonchev–Trinajstić information content (AvgIpc) is 2.74. The van der Waals surface area contributed by atoms with E-state index in [0.29, 0.717) is 27.5 Å². The van der Waals surface area contributed by atoms with Crippen LogP contribution >= 0.6 is 11.6 Å². The van der Waals surface area contributed by atoms with E-state index in [9.17, 15) is 9.59 Å². The zero-order valence-corrected chi connectivity index (χ0v) is 17.0. The molecule has 0 fully saturated rings. The van der Waals surface area contributed by atoms with E-state index in [4.69, 9.17) is 11.6 Å². The van der Waals surface area contributed by atoms with Crippen LogP contribution in [0, 0.1) is 6.92 Å². The Labute approximate surface area is 179 Å². The van der Waals surface area contributed by atoms with E-state index in [0.717, 1.165) is 16.3 Å². The highest BCUT2D eigenvalue weighted by atomic mass is 35.5. The molecule has 0 atom stereocenters. The molecular formula is C25H19ClN2O2. The van der Waals surface area contributed by atoms with E-state index in [1.807, 2.05) is 49.4 Å². The number of aryl methyl sites for hydroxylation is 1. The number of amides is 2. The minimum atomic E-state index is -0.245. The van der Waals surface area contributed by atoms with Crippen molar-refractivity contribution in [1.82, 2.24) is 0 Å². The first-order chi connectivity index (χ1) is 14.5. The summed E-state index contributed by atoms with van der Waals surface area (Å²) in [7, 11) is 0. The third-order valence-electron chi connectivity index (χ3n) is 4.77. The highest BCUT2D eigenvalue weighted by molar-refractivity contribution is 6.36. The van der Waals surface area contributed by atoms with Gasteiger partial charge in [0, 0.05) is 32.9 Å². The number of anilines is 2. The molecule has 4 nitrogen and oxygen atoms in total. The van der Waals surface area contributed by atoms with E-state index in [2.05, 4.69) is 10.6 Å². The Balaban J connectivity index is 1.54. The first-order valence-corrected chi connectivity index (χ1v) is 9.86. The molecule has 4 aromatic carbocycles. The van der Waals surface area contributed by atoms with E-state index >= 15 is 0 Å². The fourth-order valence-corrected chi connectivity index (χ4v) is 3.57. The summed E-state index contributed by atoms with van der Waals surface area (Å²) in [6, 6.07) is 25.4. The lowest BCUT2D eigenvalue weighted by molar-refractivity contribution is 0.102. The summed E-state index contributed by atoms with van der Waals surface area (Å²) in [6.07, 6.45) is 0. The number of rotatable bonds is 4. The van der Waals surface area contributed by atoms with Gasteiger partial charge in [-0.3, -0.25) is 9.59 Å². The number of fused-ring (bicyclic) bond motifs is 1. The molecular weight excluding hydrogens is 396 g/mol. The Morgan fingerprint density at radius 3 is 2.10 bits per heavy atom. The maximum Gasteiger partial charge on any atom is 0.256 e. The van der Waals surface area contributed by atoms with Crippen LogP contribution in [0.4, 0.5) is 11.4 Å². The summed E-state index contributed by atoms with van der Waals surface area (Å²) < 4.78 is 0. The predicted molar refractivity (Wildman–Crippen MR) is 122 cm³/mol. The van der Waals surface area contributed by atoms with Crippen LogP contribution in [0.15, 0.2) is 84.9 Å². The third-order valence-corrected chi connectivity index (χ3v) is 5.10. The summed E-state index contributed by atoms with van der Waals surface area (Å²) in [5.74, 6) is -0.448. The van der Waals surface area contributed by atoms with Crippen LogP contribution < -0.4 is 10.6 Å². The number of benzene rings is 4. The molecule has 4 aromatic rings. The lowest BCUT2D eigenvalue weighted by atomic mass is 10.0. The van der Waals surface area contributed by atoms with Gasteiger partial charge in [-0.25, -0.2) is 0 Å². The monoisotopic (exact) mass is 414 g/mol. The molecule has 5 heteroatoms. The maximum absolute atomic E-state index is 12.9. The van der Waals surface area contributed by atoms with Gasteiger partial charge in [-0.2, -0.15) is 0 Å². The van der Waals surface area contributed by atoms with Gasteiger partial charge in [0.05, 0.1) is 0 Å². The number of halogens is 1. The maximum atomic E-state index is 12.9. The van der Waals surface area contributed by atoms with Crippen molar-refractivity contribution in [3.05, 3.63) is 107 Å². The second kappa shape index (κ2) is 8.39. The number of hydrogen-bond acceptors (Lipinski definition) is 2. The minimum Gasteiger partial charge on any atom is -0.322 e. The van der Waals surface area contributed by atoms with E-state index < -0.39 is 0 Å². The van der Waals surface area contributed by atoms with Gasteiger partial charge in [-0.05, 0) is 54.8 Å². The Morgan fingerprint density at radius 1 is 0.700 bits per heavy atom. The van der Waals surface area contributed by atoms with Crippen molar-refractivity contribution < 1.29 is 9.59 Å². The van der Waals surface area contributed by atoms with Gasteiger partial charge in [-0.1, -0.05) is 59.6 Å². The third kappa shape index (κ3) is 4.19. The molecule has 0 bridgehead atoms. The van der Waals surface area contributed by atoms with E-state index in [1.54, 1.807) is 42.5 Å². The Bertz CT molecular complexity index is 1270. The van der Waals surface area contributed by atoms with Crippen molar-refractivity contribution in [2.24, 2.45) is 0 Å². The summed E-state index contributed by atoms with van der Waals surface area (Å²) in [4.78, 5) is 25.4. The van der Waals surface area contributed by atoms with Gasteiger partial charge in [0.15, 0.2) is 0 Å². The van der Waals surface area contributed by atoms with Crippen LogP contribution in [-0.2, 0) is 0 Å². The molecule has 0 heterocycles. The van der Waals surface area contributed by atoms with Crippen LogP contribution in [0.5, 0.6) is 0 Å². The molecule has 0 aromatic heterocycles. The molecule has 0 spiro atoms. The van der Waals surface area contributed by atoms with Crippen LogP contribution in [0.25, 0.3) is 10.8 Å². The standard InChI is InChI=1S/C25H19ClN2O2/c1-16-6-2-7-17(14-16)24(29)27-18-8-3-9-19(15-18)28-25(30)22-12-4-11-21-20(22)10-5-13-23(21)26/h2-15H,1H3,(H,27,29)(H,28,30). The van der Waals surface area contributed by atoms with Gasteiger partial charge >= 0.3 is 0 Å². The number of nitrogens with one attached hydrogen (secondary N) is 2. The van der Waals surface area contributed by atoms with E-state index in [1.165, 1.54) is 0 Å².